The van der Waals surface area contributed by atoms with Crippen molar-refractivity contribution in [2.75, 3.05) is 58.3 Å². The molecule has 1 N–H and O–H groups in total. The van der Waals surface area contributed by atoms with Crippen LogP contribution in [0.15, 0.2) is 12.3 Å². The first-order valence-electron chi connectivity index (χ1n) is 6.75. The van der Waals surface area contributed by atoms with Crippen molar-refractivity contribution in [2.45, 2.75) is 0 Å². The molecule has 0 spiro atoms. The highest BCUT2D eigenvalue weighted by molar-refractivity contribution is 5.93. The van der Waals surface area contributed by atoms with Gasteiger partial charge in [0, 0.05) is 39.3 Å². The molecule has 0 saturated carbocycles. The molecule has 0 radical (unpaired) electrons. The lowest BCUT2D eigenvalue weighted by atomic mass is 10.2. The van der Waals surface area contributed by atoms with Crippen LogP contribution in [0.4, 0.5) is 5.82 Å². The zero-order valence-corrected chi connectivity index (χ0v) is 12.0. The Hall–Kier alpha value is -1.73. The molecule has 20 heavy (non-hydrogen) atoms. The number of aromatic nitrogens is 2. The van der Waals surface area contributed by atoms with Crippen molar-refractivity contribution in [3.05, 3.63) is 17.8 Å². The van der Waals surface area contributed by atoms with Gasteiger partial charge >= 0.3 is 5.97 Å². The van der Waals surface area contributed by atoms with Gasteiger partial charge in [0.05, 0.1) is 6.20 Å². The summed E-state index contributed by atoms with van der Waals surface area (Å²) in [7, 11) is 4.13. The summed E-state index contributed by atoms with van der Waals surface area (Å²) >= 11 is 0. The molecular formula is C13H21N5O2. The lowest BCUT2D eigenvalue weighted by molar-refractivity contribution is 0.0696. The number of rotatable bonds is 5. The molecule has 7 heteroatoms. The second-order valence-electron chi connectivity index (χ2n) is 5.21. The van der Waals surface area contributed by atoms with E-state index in [1.54, 1.807) is 0 Å². The molecule has 1 aromatic rings. The minimum Gasteiger partial charge on any atom is -0.478 e. The maximum absolute atomic E-state index is 11.2. The first-order chi connectivity index (χ1) is 9.58. The van der Waals surface area contributed by atoms with Crippen LogP contribution >= 0.6 is 0 Å². The van der Waals surface area contributed by atoms with Crippen LogP contribution in [-0.2, 0) is 0 Å². The van der Waals surface area contributed by atoms with Crippen molar-refractivity contribution in [2.24, 2.45) is 0 Å². The summed E-state index contributed by atoms with van der Waals surface area (Å²) in [5.74, 6) is -0.475. The largest absolute Gasteiger partial charge is 0.478 e. The van der Waals surface area contributed by atoms with Gasteiger partial charge in [-0.1, -0.05) is 0 Å². The number of nitrogens with zero attached hydrogens (tertiary/aromatic N) is 5. The van der Waals surface area contributed by atoms with E-state index in [1.165, 1.54) is 12.3 Å². The van der Waals surface area contributed by atoms with Crippen LogP contribution < -0.4 is 4.90 Å². The fraction of sp³-hybridized carbons (Fsp3) is 0.615. The number of aromatic carboxylic acids is 1. The van der Waals surface area contributed by atoms with Gasteiger partial charge in [-0.15, -0.1) is 5.10 Å². The maximum Gasteiger partial charge on any atom is 0.339 e. The summed E-state index contributed by atoms with van der Waals surface area (Å²) in [5, 5.41) is 17.0. The summed E-state index contributed by atoms with van der Waals surface area (Å²) in [5.41, 5.74) is 0.224. The van der Waals surface area contributed by atoms with Crippen LogP contribution in [0.3, 0.4) is 0 Å². The zero-order valence-electron chi connectivity index (χ0n) is 12.0. The van der Waals surface area contributed by atoms with Gasteiger partial charge < -0.3 is 14.9 Å². The van der Waals surface area contributed by atoms with Crippen LogP contribution in [0, 0.1) is 0 Å². The highest BCUT2D eigenvalue weighted by Gasteiger charge is 2.22. The van der Waals surface area contributed by atoms with Gasteiger partial charge in [-0.2, -0.15) is 5.10 Å². The number of carbonyl (C=O) groups is 1. The van der Waals surface area contributed by atoms with Crippen LogP contribution in [-0.4, -0.2) is 84.4 Å². The van der Waals surface area contributed by atoms with E-state index in [1.807, 2.05) is 4.90 Å². The maximum atomic E-state index is 11.2. The normalized spacial score (nSPS) is 16.6. The Kier molecular flexibility index (Phi) is 4.86. The minimum absolute atomic E-state index is 0.224. The van der Waals surface area contributed by atoms with Crippen LogP contribution in [0.25, 0.3) is 0 Å². The third-order valence-corrected chi connectivity index (χ3v) is 3.47. The molecule has 0 aliphatic carbocycles. The first kappa shape index (κ1) is 14.7. The molecular weight excluding hydrogens is 258 g/mol. The molecule has 2 rings (SSSR count). The number of carboxylic acids is 1. The molecule has 1 aromatic heterocycles. The minimum atomic E-state index is -0.954. The molecule has 7 nitrogen and oxygen atoms in total. The SMILES string of the molecule is CN(C)CCN1CCN(c2nnccc2C(=O)O)CC1. The van der Waals surface area contributed by atoms with Crippen LogP contribution in [0.5, 0.6) is 0 Å². The molecule has 110 valence electrons. The Morgan fingerprint density at radius 2 is 2.05 bits per heavy atom. The average molecular weight is 279 g/mol. The number of piperazine rings is 1. The Morgan fingerprint density at radius 1 is 1.35 bits per heavy atom. The summed E-state index contributed by atoms with van der Waals surface area (Å²) in [6.45, 7) is 5.48. The lowest BCUT2D eigenvalue weighted by Crippen LogP contribution is -2.48. The molecule has 0 aromatic carbocycles. The summed E-state index contributed by atoms with van der Waals surface area (Å²) in [6, 6.07) is 1.50. The van der Waals surface area contributed by atoms with Crippen molar-refractivity contribution in [1.82, 2.24) is 20.0 Å². The Labute approximate surface area is 118 Å². The molecule has 0 bridgehead atoms. The van der Waals surface area contributed by atoms with Gasteiger partial charge in [0.25, 0.3) is 0 Å². The summed E-state index contributed by atoms with van der Waals surface area (Å²) in [6.07, 6.45) is 1.42. The van der Waals surface area contributed by atoms with E-state index in [0.29, 0.717) is 5.82 Å². The van der Waals surface area contributed by atoms with E-state index in [9.17, 15) is 9.90 Å². The van der Waals surface area contributed by atoms with E-state index >= 15 is 0 Å². The fourth-order valence-electron chi connectivity index (χ4n) is 2.25. The molecule has 0 amide bonds. The van der Waals surface area contributed by atoms with Gasteiger partial charge in [0.2, 0.25) is 0 Å². The van der Waals surface area contributed by atoms with Gasteiger partial charge in [-0.05, 0) is 20.2 Å². The van der Waals surface area contributed by atoms with Crippen LogP contribution in [0.1, 0.15) is 10.4 Å². The number of anilines is 1. The fourth-order valence-corrected chi connectivity index (χ4v) is 2.25. The van der Waals surface area contributed by atoms with Gasteiger partial charge in [-0.25, -0.2) is 4.79 Å². The first-order valence-corrected chi connectivity index (χ1v) is 6.75. The standard InChI is InChI=1S/C13H21N5O2/c1-16(2)5-6-17-7-9-18(10-8-17)12-11(13(19)20)3-4-14-15-12/h3-4H,5-10H2,1-2H3,(H,19,20). The zero-order chi connectivity index (χ0) is 14.5. The highest BCUT2D eigenvalue weighted by Crippen LogP contribution is 2.17. The monoisotopic (exact) mass is 279 g/mol. The Morgan fingerprint density at radius 3 is 2.65 bits per heavy atom. The molecule has 0 unspecified atom stereocenters. The third kappa shape index (κ3) is 3.64. The predicted octanol–water partition coefficient (Wildman–Crippen LogP) is -0.142. The van der Waals surface area contributed by atoms with Crippen molar-refractivity contribution in [1.29, 1.82) is 0 Å². The van der Waals surface area contributed by atoms with E-state index in [-0.39, 0.29) is 5.56 Å². The second kappa shape index (κ2) is 6.62. The van der Waals surface area contributed by atoms with E-state index in [4.69, 9.17) is 0 Å². The van der Waals surface area contributed by atoms with Gasteiger partial charge in [-0.3, -0.25) is 4.90 Å². The van der Waals surface area contributed by atoms with Crippen LogP contribution in [0.2, 0.25) is 0 Å². The topological polar surface area (TPSA) is 72.8 Å². The molecule has 0 atom stereocenters. The quantitative estimate of drug-likeness (QED) is 0.804. The van der Waals surface area contributed by atoms with E-state index in [2.05, 4.69) is 34.1 Å². The van der Waals surface area contributed by atoms with Crippen molar-refractivity contribution in [3.8, 4) is 0 Å². The van der Waals surface area contributed by atoms with E-state index in [0.717, 1.165) is 39.3 Å². The van der Waals surface area contributed by atoms with Gasteiger partial charge in [0.1, 0.15) is 5.56 Å². The smallest absolute Gasteiger partial charge is 0.339 e. The molecule has 1 aliphatic heterocycles. The molecule has 1 fully saturated rings. The summed E-state index contributed by atoms with van der Waals surface area (Å²) < 4.78 is 0. The van der Waals surface area contributed by atoms with Crippen molar-refractivity contribution in [3.63, 3.8) is 0 Å². The highest BCUT2D eigenvalue weighted by atomic mass is 16.4. The molecule has 1 saturated heterocycles. The predicted molar refractivity (Wildman–Crippen MR) is 76.2 cm³/mol. The second-order valence-corrected chi connectivity index (χ2v) is 5.21. The Bertz CT molecular complexity index is 458. The lowest BCUT2D eigenvalue weighted by Gasteiger charge is -2.35. The number of hydrogen-bond donors (Lipinski definition) is 1. The van der Waals surface area contributed by atoms with Gasteiger partial charge in [0.15, 0.2) is 5.82 Å². The number of carboxylic acid groups (broad SMARTS) is 1. The molecule has 1 aliphatic rings. The number of likely N-dealkylation sites (N-methyl/N-ethyl adjacent to an activating group) is 1. The number of hydrogen-bond acceptors (Lipinski definition) is 6. The van der Waals surface area contributed by atoms with Crippen molar-refractivity contribution >= 4 is 11.8 Å². The molecule has 2 heterocycles. The Balaban J connectivity index is 1.95. The van der Waals surface area contributed by atoms with E-state index < -0.39 is 5.97 Å². The average Bonchev–Trinajstić information content (AvgIpc) is 2.45. The third-order valence-electron chi connectivity index (χ3n) is 3.47. The van der Waals surface area contributed by atoms with Crippen molar-refractivity contribution < 1.29 is 9.90 Å². The summed E-state index contributed by atoms with van der Waals surface area (Å²) in [4.78, 5) is 17.7.